The lowest BCUT2D eigenvalue weighted by molar-refractivity contribution is 0.138. The molecule has 2 aromatic rings. The summed E-state index contributed by atoms with van der Waals surface area (Å²) in [6, 6.07) is 12.0. The van der Waals surface area contributed by atoms with Crippen molar-refractivity contribution in [3.8, 4) is 17.6 Å². The molecule has 0 aliphatic carbocycles. The molecule has 0 saturated carbocycles. The summed E-state index contributed by atoms with van der Waals surface area (Å²) in [7, 11) is 1.65. The van der Waals surface area contributed by atoms with Crippen LogP contribution in [-0.4, -0.2) is 51.3 Å². The van der Waals surface area contributed by atoms with Crippen molar-refractivity contribution in [3.05, 3.63) is 52.6 Å². The minimum absolute atomic E-state index is 0.00749. The summed E-state index contributed by atoms with van der Waals surface area (Å²) in [6.07, 6.45) is 0.863. The van der Waals surface area contributed by atoms with Crippen LogP contribution in [0.1, 0.15) is 41.6 Å². The molecule has 2 atom stereocenters. The maximum atomic E-state index is 9.43. The van der Waals surface area contributed by atoms with Crippen molar-refractivity contribution in [1.82, 2.24) is 5.32 Å². The molecule has 5 rings (SSSR count). The van der Waals surface area contributed by atoms with Crippen LogP contribution in [0.4, 0.5) is 5.69 Å². The number of fused-ring (bicyclic) bond motifs is 3. The molecule has 3 heterocycles. The smallest absolute Gasteiger partial charge is 0.227 e. The summed E-state index contributed by atoms with van der Waals surface area (Å²) >= 11 is 0. The molecule has 33 heavy (non-hydrogen) atoms. The third kappa shape index (κ3) is 3.89. The lowest BCUT2D eigenvalue weighted by Gasteiger charge is -2.30. The normalized spacial score (nSPS) is 19.7. The van der Waals surface area contributed by atoms with E-state index in [9.17, 15) is 5.26 Å². The van der Waals surface area contributed by atoms with E-state index in [0.717, 1.165) is 41.2 Å². The van der Waals surface area contributed by atoms with Crippen LogP contribution in [0.15, 0.2) is 40.3 Å². The van der Waals surface area contributed by atoms with Gasteiger partial charge in [-0.05, 0) is 37.1 Å². The van der Waals surface area contributed by atoms with Gasteiger partial charge in [0.05, 0.1) is 50.2 Å². The quantitative estimate of drug-likeness (QED) is 0.759. The summed E-state index contributed by atoms with van der Waals surface area (Å²) in [5, 5.41) is 13.0. The Balaban J connectivity index is 1.52. The monoisotopic (exact) mass is 445 g/mol. The van der Waals surface area contributed by atoms with Crippen molar-refractivity contribution in [3.63, 3.8) is 0 Å². The molecule has 0 aromatic heterocycles. The molecule has 0 spiro atoms. The van der Waals surface area contributed by atoms with Crippen molar-refractivity contribution in [1.29, 1.82) is 5.26 Å². The van der Waals surface area contributed by atoms with Crippen molar-refractivity contribution in [2.24, 2.45) is 9.98 Å². The molecule has 3 aliphatic rings. The van der Waals surface area contributed by atoms with Crippen LogP contribution >= 0.6 is 0 Å². The fourth-order valence-corrected chi connectivity index (χ4v) is 4.56. The summed E-state index contributed by atoms with van der Waals surface area (Å²) in [6.45, 7) is 6.81. The molecule has 0 radical (unpaired) electrons. The highest BCUT2D eigenvalue weighted by molar-refractivity contribution is 6.19. The van der Waals surface area contributed by atoms with E-state index in [2.05, 4.69) is 28.2 Å². The number of nitrogens with zero attached hydrogens (tertiary/aromatic N) is 4. The number of ether oxygens (including phenoxy) is 3. The van der Waals surface area contributed by atoms with Gasteiger partial charge in [-0.3, -0.25) is 0 Å². The van der Waals surface area contributed by atoms with Gasteiger partial charge in [0.2, 0.25) is 5.96 Å². The second-order valence-electron chi connectivity index (χ2n) is 8.42. The molecule has 8 heteroatoms. The second-order valence-corrected chi connectivity index (χ2v) is 8.42. The van der Waals surface area contributed by atoms with E-state index < -0.39 is 0 Å². The van der Waals surface area contributed by atoms with Crippen LogP contribution in [-0.2, 0) is 4.74 Å². The van der Waals surface area contributed by atoms with Gasteiger partial charge in [-0.15, -0.1) is 0 Å². The molecular weight excluding hydrogens is 418 g/mol. The third-order valence-corrected chi connectivity index (χ3v) is 6.36. The predicted molar refractivity (Wildman–Crippen MR) is 126 cm³/mol. The Kier molecular flexibility index (Phi) is 5.65. The SMILES string of the molecule is COc1cc2c(cc1OC1CCOC1)C(N[C@H](C)c1cccc(C#N)c1C)=NC1=NCCN12. The topological polar surface area (TPSA) is 91.5 Å². The number of benzene rings is 2. The van der Waals surface area contributed by atoms with Crippen molar-refractivity contribution in [2.45, 2.75) is 32.4 Å². The van der Waals surface area contributed by atoms with Crippen molar-refractivity contribution >= 4 is 17.5 Å². The Morgan fingerprint density at radius 1 is 1.30 bits per heavy atom. The van der Waals surface area contributed by atoms with Gasteiger partial charge < -0.3 is 24.4 Å². The zero-order valence-electron chi connectivity index (χ0n) is 19.1. The molecule has 1 N–H and O–H groups in total. The summed E-state index contributed by atoms with van der Waals surface area (Å²) in [5.74, 6) is 2.78. The molecule has 1 saturated heterocycles. The van der Waals surface area contributed by atoms with Gasteiger partial charge in [-0.1, -0.05) is 12.1 Å². The molecule has 1 fully saturated rings. The highest BCUT2D eigenvalue weighted by Crippen LogP contribution is 2.39. The first-order valence-corrected chi connectivity index (χ1v) is 11.2. The molecule has 3 aliphatic heterocycles. The van der Waals surface area contributed by atoms with E-state index in [-0.39, 0.29) is 12.1 Å². The van der Waals surface area contributed by atoms with Gasteiger partial charge in [0, 0.05) is 24.6 Å². The summed E-state index contributed by atoms with van der Waals surface area (Å²) in [4.78, 5) is 11.5. The van der Waals surface area contributed by atoms with E-state index >= 15 is 0 Å². The van der Waals surface area contributed by atoms with Crippen LogP contribution < -0.4 is 19.7 Å². The Hall–Kier alpha value is -3.57. The number of aliphatic imine (C=N–C) groups is 2. The predicted octanol–water partition coefficient (Wildman–Crippen LogP) is 3.33. The molecule has 8 nitrogen and oxygen atoms in total. The molecular formula is C25H27N5O3. The van der Waals surface area contributed by atoms with Crippen LogP contribution in [0.5, 0.6) is 11.5 Å². The molecule has 1 unspecified atom stereocenters. The molecule has 170 valence electrons. The number of amidine groups is 1. The number of guanidine groups is 1. The minimum atomic E-state index is -0.0619. The van der Waals surface area contributed by atoms with Crippen LogP contribution in [0.25, 0.3) is 0 Å². The van der Waals surface area contributed by atoms with Gasteiger partial charge in [0.1, 0.15) is 11.9 Å². The highest BCUT2D eigenvalue weighted by Gasteiger charge is 2.31. The zero-order chi connectivity index (χ0) is 22.9. The lowest BCUT2D eigenvalue weighted by atomic mass is 9.97. The van der Waals surface area contributed by atoms with E-state index in [0.29, 0.717) is 42.8 Å². The van der Waals surface area contributed by atoms with E-state index in [4.69, 9.17) is 19.2 Å². The maximum absolute atomic E-state index is 9.43. The van der Waals surface area contributed by atoms with Crippen LogP contribution in [0, 0.1) is 18.3 Å². The Morgan fingerprint density at radius 2 is 2.18 bits per heavy atom. The average molecular weight is 446 g/mol. The lowest BCUT2D eigenvalue weighted by Crippen LogP contribution is -2.38. The Morgan fingerprint density at radius 3 is 2.94 bits per heavy atom. The minimum Gasteiger partial charge on any atom is -0.493 e. The Labute approximate surface area is 193 Å². The van der Waals surface area contributed by atoms with Gasteiger partial charge in [0.15, 0.2) is 11.5 Å². The first-order chi connectivity index (χ1) is 16.1. The van der Waals surface area contributed by atoms with E-state index in [1.807, 2.05) is 37.3 Å². The number of rotatable bonds is 5. The van der Waals surface area contributed by atoms with Crippen molar-refractivity contribution < 1.29 is 14.2 Å². The maximum Gasteiger partial charge on any atom is 0.227 e. The molecule has 0 bridgehead atoms. The van der Waals surface area contributed by atoms with E-state index in [1.54, 1.807) is 7.11 Å². The van der Waals surface area contributed by atoms with Gasteiger partial charge in [-0.2, -0.15) is 10.3 Å². The van der Waals surface area contributed by atoms with Crippen LogP contribution in [0.3, 0.4) is 0 Å². The van der Waals surface area contributed by atoms with Gasteiger partial charge >= 0.3 is 0 Å². The number of anilines is 1. The summed E-state index contributed by atoms with van der Waals surface area (Å²) < 4.78 is 17.4. The van der Waals surface area contributed by atoms with Crippen molar-refractivity contribution in [2.75, 3.05) is 38.3 Å². The molecule has 2 aromatic carbocycles. The fourth-order valence-electron chi connectivity index (χ4n) is 4.56. The summed E-state index contributed by atoms with van der Waals surface area (Å²) in [5.41, 5.74) is 4.63. The number of hydrogen-bond acceptors (Lipinski definition) is 8. The number of nitriles is 1. The number of hydrogen-bond donors (Lipinski definition) is 1. The molecule has 0 amide bonds. The van der Waals surface area contributed by atoms with Gasteiger partial charge in [0.25, 0.3) is 0 Å². The first-order valence-electron chi connectivity index (χ1n) is 11.2. The standard InChI is InChI=1S/C25H27N5O3/c1-15-17(13-26)5-4-6-19(15)16(2)28-24-20-11-23(33-18-7-10-32-14-18)22(31-3)12-21(20)30-9-8-27-25(30)29-24/h4-6,11-12,16,18H,7-10,14H2,1-3H3,(H,27,28,29)/t16-,18?/m1/s1. The highest BCUT2D eigenvalue weighted by atomic mass is 16.6. The second kappa shape index (κ2) is 8.75. The third-order valence-electron chi connectivity index (χ3n) is 6.36. The largest absolute Gasteiger partial charge is 0.493 e. The number of nitrogens with one attached hydrogen (secondary N) is 1. The Bertz CT molecular complexity index is 1180. The van der Waals surface area contributed by atoms with Crippen LogP contribution in [0.2, 0.25) is 0 Å². The fraction of sp³-hybridized carbons (Fsp3) is 0.400. The van der Waals surface area contributed by atoms with E-state index in [1.165, 1.54) is 0 Å². The number of methoxy groups -OCH3 is 1. The zero-order valence-corrected chi connectivity index (χ0v) is 19.1. The van der Waals surface area contributed by atoms with Gasteiger partial charge in [-0.25, -0.2) is 4.99 Å². The average Bonchev–Trinajstić information content (AvgIpc) is 3.51. The first kappa shape index (κ1) is 21.3.